The quantitative estimate of drug-likeness (QED) is 0.452. The number of carbonyl (C=O) groups excluding carboxylic acids is 1. The predicted octanol–water partition coefficient (Wildman–Crippen LogP) is 2.19. The van der Waals surface area contributed by atoms with Crippen LogP contribution in [0.4, 0.5) is 17.5 Å². The van der Waals surface area contributed by atoms with Crippen LogP contribution in [0.25, 0.3) is 5.69 Å². The number of carbonyl (C=O) groups is 1. The molecule has 0 aliphatic heterocycles. The van der Waals surface area contributed by atoms with E-state index in [0.717, 1.165) is 24.2 Å². The summed E-state index contributed by atoms with van der Waals surface area (Å²) < 4.78 is 1.75. The fourth-order valence-electron chi connectivity index (χ4n) is 3.77. The first-order valence-electron chi connectivity index (χ1n) is 10.1. The van der Waals surface area contributed by atoms with Crippen molar-refractivity contribution in [3.63, 3.8) is 0 Å². The fraction of sp³-hybridized carbons (Fsp3) is 0.333. The van der Waals surface area contributed by atoms with Crippen molar-refractivity contribution in [1.82, 2.24) is 19.7 Å². The third-order valence-corrected chi connectivity index (χ3v) is 5.76. The molecule has 0 radical (unpaired) electrons. The van der Waals surface area contributed by atoms with Crippen molar-refractivity contribution in [2.75, 3.05) is 10.6 Å². The van der Waals surface area contributed by atoms with Crippen LogP contribution in [0.3, 0.4) is 0 Å². The van der Waals surface area contributed by atoms with Gasteiger partial charge in [0.1, 0.15) is 11.4 Å². The molecule has 2 aliphatic rings. The lowest BCUT2D eigenvalue weighted by atomic mass is 10.0. The zero-order chi connectivity index (χ0) is 20.7. The summed E-state index contributed by atoms with van der Waals surface area (Å²) in [6.07, 6.45) is 9.38. The van der Waals surface area contributed by atoms with Crippen molar-refractivity contribution < 1.29 is 4.79 Å². The maximum absolute atomic E-state index is 11.9. The highest BCUT2D eigenvalue weighted by Crippen LogP contribution is 2.47. The minimum absolute atomic E-state index is 0.146. The van der Waals surface area contributed by atoms with E-state index in [2.05, 4.69) is 25.7 Å². The smallest absolute Gasteiger partial charge is 0.254 e. The van der Waals surface area contributed by atoms with Gasteiger partial charge in [-0.3, -0.25) is 4.79 Å². The van der Waals surface area contributed by atoms with Gasteiger partial charge in [0.2, 0.25) is 5.95 Å². The number of rotatable bonds is 8. The van der Waals surface area contributed by atoms with Gasteiger partial charge in [-0.1, -0.05) is 6.07 Å². The molecule has 5 rings (SSSR count). The lowest BCUT2D eigenvalue weighted by molar-refractivity contribution is 0.100. The Hall–Kier alpha value is -3.46. The average Bonchev–Trinajstić information content (AvgIpc) is 3.65. The van der Waals surface area contributed by atoms with E-state index < -0.39 is 5.91 Å². The van der Waals surface area contributed by atoms with Crippen molar-refractivity contribution in [2.24, 2.45) is 17.4 Å². The number of nitrogens with one attached hydrogen (secondary N) is 2. The van der Waals surface area contributed by atoms with Crippen molar-refractivity contribution >= 4 is 23.4 Å². The molecule has 3 aromatic rings. The Kier molecular flexibility index (Phi) is 4.39. The highest BCUT2D eigenvalue weighted by Gasteiger charge is 2.52. The molecule has 2 aliphatic carbocycles. The van der Waals surface area contributed by atoms with E-state index in [-0.39, 0.29) is 17.1 Å². The average molecular weight is 404 g/mol. The lowest BCUT2D eigenvalue weighted by Gasteiger charge is -2.25. The van der Waals surface area contributed by atoms with Crippen LogP contribution in [0, 0.1) is 5.92 Å². The standard InChI is InChI=1S/C21H24N8O/c22-18(30)16-12-24-20(27-17(13-5-6-13)21(23)7-8-21)28-19(16)26-14-3-1-4-15(11-14)29-10-2-9-25-29/h1-4,9-13,17H,5-8,23H2,(H2,22,30)(H2,24,26,27,28). The minimum Gasteiger partial charge on any atom is -0.365 e. The van der Waals surface area contributed by atoms with Gasteiger partial charge < -0.3 is 22.1 Å². The lowest BCUT2D eigenvalue weighted by Crippen LogP contribution is -2.44. The SMILES string of the molecule is NC(=O)c1cnc(NC(C2CC2)C2(N)CC2)nc1Nc1cccc(-n2cccn2)c1. The van der Waals surface area contributed by atoms with Gasteiger partial charge in [-0.05, 0) is 55.9 Å². The molecule has 6 N–H and O–H groups in total. The van der Waals surface area contributed by atoms with E-state index in [9.17, 15) is 4.79 Å². The summed E-state index contributed by atoms with van der Waals surface area (Å²) in [7, 11) is 0. The molecule has 2 heterocycles. The van der Waals surface area contributed by atoms with E-state index in [1.54, 1.807) is 10.9 Å². The first-order valence-corrected chi connectivity index (χ1v) is 10.1. The molecule has 0 bridgehead atoms. The first-order chi connectivity index (χ1) is 14.5. The molecular weight excluding hydrogens is 380 g/mol. The van der Waals surface area contributed by atoms with Gasteiger partial charge >= 0.3 is 0 Å². The summed E-state index contributed by atoms with van der Waals surface area (Å²) in [5, 5.41) is 10.9. The van der Waals surface area contributed by atoms with E-state index in [1.807, 2.05) is 36.5 Å². The van der Waals surface area contributed by atoms with Crippen LogP contribution in [0.2, 0.25) is 0 Å². The Bertz CT molecular complexity index is 1070. The number of benzene rings is 1. The second kappa shape index (κ2) is 7.10. The molecule has 9 heteroatoms. The number of nitrogens with zero attached hydrogens (tertiary/aromatic N) is 4. The summed E-state index contributed by atoms with van der Waals surface area (Å²) in [5.41, 5.74) is 13.7. The molecule has 1 amide bonds. The largest absolute Gasteiger partial charge is 0.365 e. The summed E-state index contributed by atoms with van der Waals surface area (Å²) in [5.74, 6) is 0.760. The maximum atomic E-state index is 11.9. The number of nitrogens with two attached hydrogens (primary N) is 2. The Morgan fingerprint density at radius 2 is 2.10 bits per heavy atom. The molecule has 30 heavy (non-hydrogen) atoms. The van der Waals surface area contributed by atoms with Gasteiger partial charge in [-0.15, -0.1) is 0 Å². The van der Waals surface area contributed by atoms with Crippen LogP contribution in [0.5, 0.6) is 0 Å². The van der Waals surface area contributed by atoms with Gasteiger partial charge in [-0.25, -0.2) is 9.67 Å². The number of amides is 1. The Morgan fingerprint density at radius 3 is 2.77 bits per heavy atom. The van der Waals surface area contributed by atoms with Crippen molar-refractivity contribution in [3.05, 3.63) is 54.5 Å². The maximum Gasteiger partial charge on any atom is 0.254 e. The number of hydrogen-bond donors (Lipinski definition) is 4. The number of anilines is 3. The number of primary amides is 1. The zero-order valence-electron chi connectivity index (χ0n) is 16.5. The van der Waals surface area contributed by atoms with E-state index >= 15 is 0 Å². The second-order valence-electron chi connectivity index (χ2n) is 8.14. The van der Waals surface area contributed by atoms with Gasteiger partial charge in [0.25, 0.3) is 5.91 Å². The Morgan fingerprint density at radius 1 is 1.27 bits per heavy atom. The molecule has 1 atom stereocenters. The van der Waals surface area contributed by atoms with Crippen LogP contribution in [0.1, 0.15) is 36.0 Å². The molecule has 154 valence electrons. The zero-order valence-corrected chi connectivity index (χ0v) is 16.5. The van der Waals surface area contributed by atoms with Crippen LogP contribution in [0.15, 0.2) is 48.9 Å². The van der Waals surface area contributed by atoms with E-state index in [1.165, 1.54) is 19.0 Å². The summed E-state index contributed by atoms with van der Waals surface area (Å²) in [6.45, 7) is 0. The minimum atomic E-state index is -0.594. The van der Waals surface area contributed by atoms with Crippen molar-refractivity contribution in [3.8, 4) is 5.69 Å². The molecule has 9 nitrogen and oxygen atoms in total. The van der Waals surface area contributed by atoms with Crippen LogP contribution >= 0.6 is 0 Å². The third-order valence-electron chi connectivity index (χ3n) is 5.76. The first kappa shape index (κ1) is 18.6. The summed E-state index contributed by atoms with van der Waals surface area (Å²) in [4.78, 5) is 20.8. The van der Waals surface area contributed by atoms with Crippen molar-refractivity contribution in [2.45, 2.75) is 37.3 Å². The highest BCUT2D eigenvalue weighted by molar-refractivity contribution is 5.98. The monoisotopic (exact) mass is 404 g/mol. The fourth-order valence-corrected chi connectivity index (χ4v) is 3.77. The molecule has 1 unspecified atom stereocenters. The summed E-state index contributed by atoms with van der Waals surface area (Å²) >= 11 is 0. The topological polar surface area (TPSA) is 137 Å². The summed E-state index contributed by atoms with van der Waals surface area (Å²) in [6, 6.07) is 9.65. The van der Waals surface area contributed by atoms with Crippen LogP contribution < -0.4 is 22.1 Å². The number of aromatic nitrogens is 4. The van der Waals surface area contributed by atoms with Crippen LogP contribution in [-0.4, -0.2) is 37.2 Å². The Balaban J connectivity index is 1.43. The van der Waals surface area contributed by atoms with Gasteiger partial charge in [-0.2, -0.15) is 10.1 Å². The molecule has 1 aromatic carbocycles. The van der Waals surface area contributed by atoms with E-state index in [0.29, 0.717) is 17.7 Å². The molecule has 2 fully saturated rings. The normalized spacial score (nSPS) is 17.9. The molecular formula is C21H24N8O. The third kappa shape index (κ3) is 3.71. The highest BCUT2D eigenvalue weighted by atomic mass is 16.1. The Labute approximate surface area is 173 Å². The molecule has 2 saturated carbocycles. The van der Waals surface area contributed by atoms with Gasteiger partial charge in [0.05, 0.1) is 5.69 Å². The van der Waals surface area contributed by atoms with Gasteiger partial charge in [0.15, 0.2) is 0 Å². The molecule has 2 aromatic heterocycles. The molecule has 0 spiro atoms. The van der Waals surface area contributed by atoms with Gasteiger partial charge in [0, 0.05) is 35.9 Å². The molecule has 0 saturated heterocycles. The predicted molar refractivity (Wildman–Crippen MR) is 114 cm³/mol. The van der Waals surface area contributed by atoms with Crippen molar-refractivity contribution in [1.29, 1.82) is 0 Å². The van der Waals surface area contributed by atoms with E-state index in [4.69, 9.17) is 11.5 Å². The van der Waals surface area contributed by atoms with Crippen LogP contribution in [-0.2, 0) is 0 Å². The second-order valence-corrected chi connectivity index (χ2v) is 8.14. The number of hydrogen-bond acceptors (Lipinski definition) is 7.